The molecular weight excluding hydrogens is 347 g/mol. The summed E-state index contributed by atoms with van der Waals surface area (Å²) < 4.78 is 0. The van der Waals surface area contributed by atoms with Gasteiger partial charge in [0.1, 0.15) is 5.60 Å². The third-order valence-corrected chi connectivity index (χ3v) is 5.03. The molecule has 3 rings (SSSR count). The molecule has 0 spiro atoms. The van der Waals surface area contributed by atoms with Gasteiger partial charge in [0.05, 0.1) is 12.1 Å². The number of carbonyl (C=O) groups excluding carboxylic acids is 1. The van der Waals surface area contributed by atoms with E-state index in [1.165, 1.54) is 0 Å². The Morgan fingerprint density at radius 3 is 2.58 bits per heavy atom. The van der Waals surface area contributed by atoms with E-state index in [-0.39, 0.29) is 12.3 Å². The van der Waals surface area contributed by atoms with E-state index in [0.717, 1.165) is 5.56 Å². The predicted molar refractivity (Wildman–Crippen MR) is 94.1 cm³/mol. The van der Waals surface area contributed by atoms with Crippen molar-refractivity contribution < 1.29 is 9.90 Å². The molecule has 1 fully saturated rings. The Morgan fingerprint density at radius 1 is 1.21 bits per heavy atom. The molecular formula is C18H18Cl2N2O2. The molecule has 1 saturated heterocycles. The van der Waals surface area contributed by atoms with Gasteiger partial charge < -0.3 is 10.0 Å². The molecule has 0 saturated carbocycles. The molecule has 24 heavy (non-hydrogen) atoms. The highest BCUT2D eigenvalue weighted by Crippen LogP contribution is 2.31. The number of amides is 1. The number of aromatic nitrogens is 1. The quantitative estimate of drug-likeness (QED) is 0.907. The third kappa shape index (κ3) is 3.72. The number of benzene rings is 1. The fraction of sp³-hybridized carbons (Fsp3) is 0.333. The fourth-order valence-electron chi connectivity index (χ4n) is 2.96. The zero-order valence-corrected chi connectivity index (χ0v) is 14.6. The number of nitrogens with zero attached hydrogens (tertiary/aromatic N) is 2. The van der Waals surface area contributed by atoms with Crippen LogP contribution in [0, 0.1) is 0 Å². The number of piperidine rings is 1. The third-order valence-electron chi connectivity index (χ3n) is 4.44. The van der Waals surface area contributed by atoms with Gasteiger partial charge in [-0.25, -0.2) is 0 Å². The van der Waals surface area contributed by atoms with Gasteiger partial charge in [0, 0.05) is 29.3 Å². The number of aliphatic hydroxyl groups is 1. The first-order chi connectivity index (χ1) is 11.5. The van der Waals surface area contributed by atoms with E-state index in [9.17, 15) is 9.90 Å². The second kappa shape index (κ2) is 7.09. The number of pyridine rings is 1. The van der Waals surface area contributed by atoms with Gasteiger partial charge in [0.25, 0.3) is 0 Å². The highest BCUT2D eigenvalue weighted by molar-refractivity contribution is 6.35. The van der Waals surface area contributed by atoms with E-state index >= 15 is 0 Å². The normalized spacial score (nSPS) is 16.9. The smallest absolute Gasteiger partial charge is 0.227 e. The summed E-state index contributed by atoms with van der Waals surface area (Å²) in [5.41, 5.74) is 0.463. The number of rotatable bonds is 3. The number of hydrogen-bond acceptors (Lipinski definition) is 3. The van der Waals surface area contributed by atoms with Gasteiger partial charge in [-0.3, -0.25) is 9.78 Å². The van der Waals surface area contributed by atoms with Crippen molar-refractivity contribution in [3.05, 3.63) is 63.9 Å². The molecule has 6 heteroatoms. The molecule has 2 heterocycles. The van der Waals surface area contributed by atoms with Crippen molar-refractivity contribution in [2.75, 3.05) is 13.1 Å². The Labute approximate surface area is 151 Å². The van der Waals surface area contributed by atoms with Crippen molar-refractivity contribution in [1.29, 1.82) is 0 Å². The van der Waals surface area contributed by atoms with Crippen molar-refractivity contribution in [3.63, 3.8) is 0 Å². The Bertz CT molecular complexity index is 729. The minimum absolute atomic E-state index is 0.00212. The number of likely N-dealkylation sites (tertiary alicyclic amines) is 1. The van der Waals surface area contributed by atoms with Gasteiger partial charge in [0.15, 0.2) is 0 Å². The molecule has 0 aliphatic carbocycles. The molecule has 1 N–H and O–H groups in total. The minimum Gasteiger partial charge on any atom is -0.383 e. The van der Waals surface area contributed by atoms with E-state index in [1.807, 2.05) is 18.2 Å². The van der Waals surface area contributed by atoms with Crippen LogP contribution in [0.25, 0.3) is 0 Å². The van der Waals surface area contributed by atoms with Crippen LogP contribution < -0.4 is 0 Å². The van der Waals surface area contributed by atoms with Gasteiger partial charge in [-0.1, -0.05) is 35.3 Å². The second-order valence-electron chi connectivity index (χ2n) is 6.04. The maximum absolute atomic E-state index is 12.5. The molecule has 4 nitrogen and oxygen atoms in total. The molecule has 126 valence electrons. The summed E-state index contributed by atoms with van der Waals surface area (Å²) in [4.78, 5) is 18.5. The number of carbonyl (C=O) groups is 1. The van der Waals surface area contributed by atoms with Crippen LogP contribution in [0.15, 0.2) is 42.6 Å². The van der Waals surface area contributed by atoms with Crippen molar-refractivity contribution in [2.45, 2.75) is 24.9 Å². The fourth-order valence-corrected chi connectivity index (χ4v) is 3.44. The van der Waals surface area contributed by atoms with E-state index in [4.69, 9.17) is 23.2 Å². The van der Waals surface area contributed by atoms with Crippen LogP contribution in [-0.2, 0) is 16.8 Å². The number of hydrogen-bond donors (Lipinski definition) is 1. The molecule has 1 aliphatic rings. The second-order valence-corrected chi connectivity index (χ2v) is 6.88. The first kappa shape index (κ1) is 17.2. The molecule has 0 unspecified atom stereocenters. The first-order valence-corrected chi connectivity index (χ1v) is 8.59. The lowest BCUT2D eigenvalue weighted by molar-refractivity contribution is -0.135. The molecule has 1 amide bonds. The molecule has 1 aromatic heterocycles. The van der Waals surface area contributed by atoms with E-state index in [2.05, 4.69) is 4.98 Å². The summed E-state index contributed by atoms with van der Waals surface area (Å²) in [6.07, 6.45) is 2.86. The van der Waals surface area contributed by atoms with E-state index < -0.39 is 5.60 Å². The van der Waals surface area contributed by atoms with Crippen molar-refractivity contribution >= 4 is 29.1 Å². The van der Waals surface area contributed by atoms with Gasteiger partial charge >= 0.3 is 0 Å². The highest BCUT2D eigenvalue weighted by Gasteiger charge is 2.36. The summed E-state index contributed by atoms with van der Waals surface area (Å²) in [7, 11) is 0. The summed E-state index contributed by atoms with van der Waals surface area (Å²) >= 11 is 12.0. The summed E-state index contributed by atoms with van der Waals surface area (Å²) in [5, 5.41) is 11.8. The lowest BCUT2D eigenvalue weighted by Crippen LogP contribution is -2.46. The highest BCUT2D eigenvalue weighted by atomic mass is 35.5. The monoisotopic (exact) mass is 364 g/mol. The Morgan fingerprint density at radius 2 is 1.96 bits per heavy atom. The molecule has 1 aromatic carbocycles. The van der Waals surface area contributed by atoms with Crippen LogP contribution in [-0.4, -0.2) is 34.0 Å². The van der Waals surface area contributed by atoms with Crippen LogP contribution in [0.4, 0.5) is 0 Å². The Kier molecular flexibility index (Phi) is 5.09. The Hall–Kier alpha value is -1.62. The maximum atomic E-state index is 12.5. The summed E-state index contributed by atoms with van der Waals surface area (Å²) in [6, 6.07) is 10.7. The zero-order valence-electron chi connectivity index (χ0n) is 13.1. The van der Waals surface area contributed by atoms with Gasteiger partial charge in [-0.05, 0) is 42.7 Å². The topological polar surface area (TPSA) is 53.4 Å². The lowest BCUT2D eigenvalue weighted by atomic mass is 9.87. The van der Waals surface area contributed by atoms with Crippen LogP contribution in [0.1, 0.15) is 24.1 Å². The molecule has 0 radical (unpaired) electrons. The van der Waals surface area contributed by atoms with Crippen LogP contribution in [0.3, 0.4) is 0 Å². The van der Waals surface area contributed by atoms with Crippen molar-refractivity contribution in [2.24, 2.45) is 0 Å². The van der Waals surface area contributed by atoms with Gasteiger partial charge in [-0.2, -0.15) is 0 Å². The van der Waals surface area contributed by atoms with Crippen molar-refractivity contribution in [1.82, 2.24) is 9.88 Å². The largest absolute Gasteiger partial charge is 0.383 e. The molecule has 1 aliphatic heterocycles. The SMILES string of the molecule is O=C(Cc1ccc(Cl)cc1Cl)N1CCC(O)(c2ccccn2)CC1. The minimum atomic E-state index is -0.962. The van der Waals surface area contributed by atoms with Crippen LogP contribution >= 0.6 is 23.2 Å². The van der Waals surface area contributed by atoms with Crippen LogP contribution in [0.5, 0.6) is 0 Å². The first-order valence-electron chi connectivity index (χ1n) is 7.83. The summed E-state index contributed by atoms with van der Waals surface area (Å²) in [6.45, 7) is 0.994. The average Bonchev–Trinajstić information content (AvgIpc) is 2.59. The van der Waals surface area contributed by atoms with Gasteiger partial charge in [0.2, 0.25) is 5.91 Å². The van der Waals surface area contributed by atoms with E-state index in [1.54, 1.807) is 29.3 Å². The molecule has 0 atom stereocenters. The standard InChI is InChI=1S/C18H18Cl2N2O2/c19-14-5-4-13(15(20)12-14)11-17(23)22-9-6-18(24,7-10-22)16-3-1-2-8-21-16/h1-5,8,12,24H,6-7,9-11H2. The zero-order chi connectivity index (χ0) is 17.2. The van der Waals surface area contributed by atoms with Gasteiger partial charge in [-0.15, -0.1) is 0 Å². The molecule has 0 bridgehead atoms. The lowest BCUT2D eigenvalue weighted by Gasteiger charge is -2.37. The van der Waals surface area contributed by atoms with Crippen LogP contribution in [0.2, 0.25) is 10.0 Å². The van der Waals surface area contributed by atoms with Crippen molar-refractivity contribution in [3.8, 4) is 0 Å². The Balaban J connectivity index is 1.63. The molecule has 2 aromatic rings. The number of halogens is 2. The van der Waals surface area contributed by atoms with E-state index in [0.29, 0.717) is 41.7 Å². The maximum Gasteiger partial charge on any atom is 0.227 e. The average molecular weight is 365 g/mol. The predicted octanol–water partition coefficient (Wildman–Crippen LogP) is 3.44. The summed E-state index contributed by atoms with van der Waals surface area (Å²) in [5.74, 6) is 0.00212.